The molecule has 0 amide bonds. The number of pyridine rings is 1. The second kappa shape index (κ2) is 5.42. The van der Waals surface area contributed by atoms with Gasteiger partial charge in [0.25, 0.3) is 0 Å². The zero-order valence-corrected chi connectivity index (χ0v) is 10.7. The van der Waals surface area contributed by atoms with Crippen LogP contribution in [0.4, 0.5) is 5.69 Å². The van der Waals surface area contributed by atoms with Gasteiger partial charge >= 0.3 is 0 Å². The highest BCUT2D eigenvalue weighted by Gasteiger charge is 2.19. The van der Waals surface area contributed by atoms with Crippen LogP contribution in [-0.4, -0.2) is 35.8 Å². The van der Waals surface area contributed by atoms with Gasteiger partial charge in [0.05, 0.1) is 30.3 Å². The van der Waals surface area contributed by atoms with Gasteiger partial charge in [-0.05, 0) is 18.6 Å². The molecule has 2 N–H and O–H groups in total. The molecule has 1 fully saturated rings. The molecule has 2 heterocycles. The third-order valence-corrected chi connectivity index (χ3v) is 3.17. The fourth-order valence-corrected chi connectivity index (χ4v) is 2.04. The lowest BCUT2D eigenvalue weighted by Gasteiger charge is -2.33. The summed E-state index contributed by atoms with van der Waals surface area (Å²) in [5, 5.41) is 0. The smallest absolute Gasteiger partial charge is 0.122 e. The van der Waals surface area contributed by atoms with E-state index >= 15 is 0 Å². The Morgan fingerprint density at radius 3 is 3.06 bits per heavy atom. The second-order valence-electron chi connectivity index (χ2n) is 4.11. The van der Waals surface area contributed by atoms with Gasteiger partial charge < -0.3 is 15.4 Å². The monoisotopic (exact) mass is 251 g/mol. The molecule has 0 radical (unpaired) electrons. The molecule has 1 unspecified atom stereocenters. The molecule has 0 bridgehead atoms. The summed E-state index contributed by atoms with van der Waals surface area (Å²) in [6, 6.07) is 3.88. The number of hydrogen-bond acceptors (Lipinski definition) is 4. The predicted molar refractivity (Wildman–Crippen MR) is 72.4 cm³/mol. The molecule has 1 aromatic rings. The Hall–Kier alpha value is -1.20. The molecule has 2 rings (SSSR count). The van der Waals surface area contributed by atoms with Crippen molar-refractivity contribution in [2.24, 2.45) is 5.73 Å². The van der Waals surface area contributed by atoms with Crippen molar-refractivity contribution in [2.75, 3.05) is 24.6 Å². The first-order chi connectivity index (χ1) is 8.20. The van der Waals surface area contributed by atoms with Crippen LogP contribution in [-0.2, 0) is 4.74 Å². The van der Waals surface area contributed by atoms with E-state index in [0.29, 0.717) is 16.8 Å². The van der Waals surface area contributed by atoms with E-state index in [9.17, 15) is 0 Å². The molecular weight excluding hydrogens is 234 g/mol. The van der Waals surface area contributed by atoms with Gasteiger partial charge in [0.1, 0.15) is 4.99 Å². The molecule has 0 aromatic carbocycles. The Morgan fingerprint density at radius 2 is 2.47 bits per heavy atom. The summed E-state index contributed by atoms with van der Waals surface area (Å²) < 4.78 is 5.64. The van der Waals surface area contributed by atoms with Crippen molar-refractivity contribution in [1.29, 1.82) is 0 Å². The number of anilines is 1. The largest absolute Gasteiger partial charge is 0.388 e. The Kier molecular flexibility index (Phi) is 3.91. The van der Waals surface area contributed by atoms with E-state index in [1.807, 2.05) is 18.3 Å². The molecule has 4 nitrogen and oxygen atoms in total. The number of thiocarbonyl (C=S) groups is 1. The Bertz CT molecular complexity index is 393. The molecule has 1 saturated heterocycles. The number of rotatable bonds is 3. The SMILES string of the molecule is CCC1CN(c2ccc(C(N)=S)nc2)CCO1. The second-order valence-corrected chi connectivity index (χ2v) is 4.55. The van der Waals surface area contributed by atoms with Crippen molar-refractivity contribution < 1.29 is 4.74 Å². The van der Waals surface area contributed by atoms with E-state index in [-0.39, 0.29) is 0 Å². The maximum atomic E-state index is 5.64. The fraction of sp³-hybridized carbons (Fsp3) is 0.500. The molecule has 17 heavy (non-hydrogen) atoms. The van der Waals surface area contributed by atoms with Crippen LogP contribution in [0.5, 0.6) is 0 Å². The van der Waals surface area contributed by atoms with Gasteiger partial charge in [0.15, 0.2) is 0 Å². The van der Waals surface area contributed by atoms with Gasteiger partial charge in [-0.15, -0.1) is 0 Å². The first kappa shape index (κ1) is 12.3. The number of nitrogens with two attached hydrogens (primary N) is 1. The van der Waals surface area contributed by atoms with E-state index in [0.717, 1.165) is 31.8 Å². The van der Waals surface area contributed by atoms with Crippen molar-refractivity contribution in [3.63, 3.8) is 0 Å². The van der Waals surface area contributed by atoms with Crippen LogP contribution in [0.2, 0.25) is 0 Å². The van der Waals surface area contributed by atoms with Gasteiger partial charge in [-0.2, -0.15) is 0 Å². The van der Waals surface area contributed by atoms with Crippen LogP contribution in [0.3, 0.4) is 0 Å². The van der Waals surface area contributed by atoms with Gasteiger partial charge in [-0.3, -0.25) is 4.98 Å². The average Bonchev–Trinajstić information content (AvgIpc) is 2.39. The van der Waals surface area contributed by atoms with Crippen molar-refractivity contribution in [2.45, 2.75) is 19.4 Å². The molecule has 5 heteroatoms. The van der Waals surface area contributed by atoms with Crippen LogP contribution in [0.15, 0.2) is 18.3 Å². The zero-order valence-electron chi connectivity index (χ0n) is 9.93. The van der Waals surface area contributed by atoms with Gasteiger partial charge in [0, 0.05) is 13.1 Å². The van der Waals surface area contributed by atoms with E-state index in [4.69, 9.17) is 22.7 Å². The quantitative estimate of drug-likeness (QED) is 0.821. The highest BCUT2D eigenvalue weighted by atomic mass is 32.1. The summed E-state index contributed by atoms with van der Waals surface area (Å²) in [5.41, 5.74) is 7.30. The normalized spacial score (nSPS) is 20.3. The number of ether oxygens (including phenoxy) is 1. The van der Waals surface area contributed by atoms with Crippen LogP contribution in [0, 0.1) is 0 Å². The molecule has 1 aliphatic heterocycles. The first-order valence-corrected chi connectivity index (χ1v) is 6.24. The van der Waals surface area contributed by atoms with Crippen molar-refractivity contribution in [3.05, 3.63) is 24.0 Å². The van der Waals surface area contributed by atoms with Gasteiger partial charge in [0.2, 0.25) is 0 Å². The van der Waals surface area contributed by atoms with Crippen LogP contribution in [0.25, 0.3) is 0 Å². The topological polar surface area (TPSA) is 51.4 Å². The number of hydrogen-bond donors (Lipinski definition) is 1. The van der Waals surface area contributed by atoms with Crippen molar-refractivity contribution >= 4 is 22.9 Å². The highest BCUT2D eigenvalue weighted by molar-refractivity contribution is 7.80. The summed E-state index contributed by atoms with van der Waals surface area (Å²) in [5.74, 6) is 0. The third-order valence-electron chi connectivity index (χ3n) is 2.96. The molecule has 0 aliphatic carbocycles. The summed E-state index contributed by atoms with van der Waals surface area (Å²) in [4.78, 5) is 6.88. The molecule has 1 aliphatic rings. The number of aromatic nitrogens is 1. The van der Waals surface area contributed by atoms with E-state index < -0.39 is 0 Å². The zero-order chi connectivity index (χ0) is 12.3. The number of nitrogens with zero attached hydrogens (tertiary/aromatic N) is 2. The molecular formula is C12H17N3OS. The minimum atomic E-state index is 0.319. The highest BCUT2D eigenvalue weighted by Crippen LogP contribution is 2.18. The first-order valence-electron chi connectivity index (χ1n) is 5.83. The Morgan fingerprint density at radius 1 is 1.65 bits per heavy atom. The van der Waals surface area contributed by atoms with Crippen molar-refractivity contribution in [1.82, 2.24) is 4.98 Å². The molecule has 1 aromatic heterocycles. The average molecular weight is 251 g/mol. The summed E-state index contributed by atoms with van der Waals surface area (Å²) in [6.07, 6.45) is 3.18. The Balaban J connectivity index is 2.08. The minimum Gasteiger partial charge on any atom is -0.388 e. The lowest BCUT2D eigenvalue weighted by Crippen LogP contribution is -2.42. The fourth-order valence-electron chi connectivity index (χ4n) is 1.92. The summed E-state index contributed by atoms with van der Waals surface area (Å²) in [6.45, 7) is 4.74. The predicted octanol–water partition coefficient (Wildman–Crippen LogP) is 1.33. The lowest BCUT2D eigenvalue weighted by molar-refractivity contribution is 0.0384. The van der Waals surface area contributed by atoms with Crippen LogP contribution < -0.4 is 10.6 Å². The maximum Gasteiger partial charge on any atom is 0.122 e. The van der Waals surface area contributed by atoms with E-state index in [1.165, 1.54) is 0 Å². The van der Waals surface area contributed by atoms with Crippen molar-refractivity contribution in [3.8, 4) is 0 Å². The van der Waals surface area contributed by atoms with E-state index in [2.05, 4.69) is 16.8 Å². The number of morpholine rings is 1. The van der Waals surface area contributed by atoms with E-state index in [1.54, 1.807) is 0 Å². The molecule has 92 valence electrons. The third kappa shape index (κ3) is 2.92. The standard InChI is InChI=1S/C12H17N3OS/c1-2-10-8-15(5-6-16-10)9-3-4-11(12(13)17)14-7-9/h3-4,7,10H,2,5-6,8H2,1H3,(H2,13,17). The molecule has 1 atom stereocenters. The van der Waals surface area contributed by atoms with Gasteiger partial charge in [-0.25, -0.2) is 0 Å². The van der Waals surface area contributed by atoms with Crippen LogP contribution in [0.1, 0.15) is 19.0 Å². The Labute approximate surface area is 107 Å². The summed E-state index contributed by atoms with van der Waals surface area (Å²) in [7, 11) is 0. The molecule has 0 spiro atoms. The lowest BCUT2D eigenvalue weighted by atomic mass is 10.2. The molecule has 0 saturated carbocycles. The van der Waals surface area contributed by atoms with Crippen LogP contribution >= 0.6 is 12.2 Å². The minimum absolute atomic E-state index is 0.319. The summed E-state index contributed by atoms with van der Waals surface area (Å²) >= 11 is 4.88. The van der Waals surface area contributed by atoms with Gasteiger partial charge in [-0.1, -0.05) is 19.1 Å². The maximum absolute atomic E-state index is 5.64.